The van der Waals surface area contributed by atoms with Gasteiger partial charge in [0.25, 0.3) is 0 Å². The van der Waals surface area contributed by atoms with Gasteiger partial charge in [0.2, 0.25) is 0 Å². The third kappa shape index (κ3) is 3.00. The van der Waals surface area contributed by atoms with Crippen molar-refractivity contribution in [3.8, 4) is 0 Å². The van der Waals surface area contributed by atoms with Gasteiger partial charge >= 0.3 is 0 Å². The normalized spacial score (nSPS) is 26.4. The van der Waals surface area contributed by atoms with Gasteiger partial charge in [0, 0.05) is 4.47 Å². The van der Waals surface area contributed by atoms with Crippen molar-refractivity contribution in [1.29, 1.82) is 0 Å². The molecule has 0 bridgehead atoms. The number of alkyl halides is 2. The molecule has 1 saturated heterocycles. The lowest BCUT2D eigenvalue weighted by Crippen LogP contribution is -2.31. The highest BCUT2D eigenvalue weighted by Crippen LogP contribution is 2.38. The van der Waals surface area contributed by atoms with Crippen LogP contribution < -0.4 is 0 Å². The molecule has 1 aromatic carbocycles. The van der Waals surface area contributed by atoms with Gasteiger partial charge in [-0.15, -0.1) is 0 Å². The number of ketones is 1. The molecule has 1 heterocycles. The molecule has 0 N–H and O–H groups in total. The van der Waals surface area contributed by atoms with Gasteiger partial charge in [-0.05, 0) is 24.6 Å². The minimum absolute atomic E-state index is 0.0517. The molecular weight excluding hydrogens is 416 g/mol. The first-order valence-corrected chi connectivity index (χ1v) is 7.78. The van der Waals surface area contributed by atoms with Crippen LogP contribution in [0.5, 0.6) is 0 Å². The van der Waals surface area contributed by atoms with E-state index in [1.54, 1.807) is 0 Å². The van der Waals surface area contributed by atoms with E-state index >= 15 is 0 Å². The van der Waals surface area contributed by atoms with Gasteiger partial charge < -0.3 is 4.74 Å². The van der Waals surface area contributed by atoms with Gasteiger partial charge in [-0.2, -0.15) is 0 Å². The minimum atomic E-state index is -0.588. The molecular formula is C12H11Br3O2. The maximum Gasteiger partial charge on any atom is 0.181 e. The minimum Gasteiger partial charge on any atom is -0.362 e. The molecule has 1 aliphatic heterocycles. The van der Waals surface area contributed by atoms with E-state index in [0.29, 0.717) is 6.61 Å². The Labute approximate surface area is 125 Å². The molecule has 1 aromatic rings. The van der Waals surface area contributed by atoms with Crippen LogP contribution in [0.25, 0.3) is 0 Å². The maximum atomic E-state index is 12.1. The zero-order valence-electron chi connectivity index (χ0n) is 9.12. The van der Waals surface area contributed by atoms with Crippen LogP contribution in [-0.2, 0) is 9.53 Å². The van der Waals surface area contributed by atoms with E-state index in [0.717, 1.165) is 10.0 Å². The van der Waals surface area contributed by atoms with E-state index in [1.165, 1.54) is 0 Å². The van der Waals surface area contributed by atoms with Crippen LogP contribution in [0, 0.1) is 0 Å². The molecule has 5 heteroatoms. The predicted octanol–water partition coefficient (Wildman–Crippen LogP) is 4.01. The second-order valence-corrected chi connectivity index (χ2v) is 7.13. The van der Waals surface area contributed by atoms with Crippen LogP contribution in [0.1, 0.15) is 17.3 Å². The molecule has 1 fully saturated rings. The van der Waals surface area contributed by atoms with Gasteiger partial charge in [0.1, 0.15) is 5.60 Å². The molecule has 1 aliphatic rings. The Balaban J connectivity index is 2.11. The zero-order valence-corrected chi connectivity index (χ0v) is 13.9. The van der Waals surface area contributed by atoms with Crippen molar-refractivity contribution in [3.63, 3.8) is 0 Å². The van der Waals surface area contributed by atoms with Gasteiger partial charge in [-0.1, -0.05) is 59.9 Å². The Hall–Kier alpha value is 0.290. The summed E-state index contributed by atoms with van der Waals surface area (Å²) in [6.07, 6.45) is 0. The number of carbonyl (C=O) groups excluding carboxylic acids is 1. The summed E-state index contributed by atoms with van der Waals surface area (Å²) in [5, 5.41) is 0. The lowest BCUT2D eigenvalue weighted by atomic mass is 10.00. The third-order valence-electron chi connectivity index (χ3n) is 2.79. The number of benzene rings is 1. The monoisotopic (exact) mass is 424 g/mol. The number of ether oxygens (including phenoxy) is 1. The summed E-state index contributed by atoms with van der Waals surface area (Å²) >= 11 is 10.4. The fraction of sp³-hybridized carbons (Fsp3) is 0.417. The first-order valence-electron chi connectivity index (χ1n) is 5.16. The summed E-state index contributed by atoms with van der Waals surface area (Å²) in [6.45, 7) is 2.35. The fourth-order valence-corrected chi connectivity index (χ4v) is 3.09. The van der Waals surface area contributed by atoms with Crippen LogP contribution in [0.4, 0.5) is 0 Å². The SMILES string of the molecule is CC1(C(=O)C(Br)C(Br)c2ccc(Br)cc2)CO1. The van der Waals surface area contributed by atoms with Crippen LogP contribution in [0.3, 0.4) is 0 Å². The lowest BCUT2D eigenvalue weighted by Gasteiger charge is -2.18. The Kier molecular flexibility index (Phi) is 4.13. The van der Waals surface area contributed by atoms with Gasteiger partial charge in [0.15, 0.2) is 5.78 Å². The van der Waals surface area contributed by atoms with E-state index in [-0.39, 0.29) is 15.4 Å². The molecule has 2 nitrogen and oxygen atoms in total. The third-order valence-corrected chi connectivity index (χ3v) is 6.03. The largest absolute Gasteiger partial charge is 0.362 e. The van der Waals surface area contributed by atoms with Gasteiger partial charge in [-0.25, -0.2) is 0 Å². The highest BCUT2D eigenvalue weighted by atomic mass is 79.9. The molecule has 0 aromatic heterocycles. The number of epoxide rings is 1. The zero-order chi connectivity index (χ0) is 12.6. The van der Waals surface area contributed by atoms with E-state index in [1.807, 2.05) is 31.2 Å². The Morgan fingerprint density at radius 1 is 1.35 bits per heavy atom. The number of rotatable bonds is 4. The molecule has 0 spiro atoms. The molecule has 3 atom stereocenters. The average molecular weight is 427 g/mol. The summed E-state index contributed by atoms with van der Waals surface area (Å²) < 4.78 is 6.20. The molecule has 0 aliphatic carbocycles. The average Bonchev–Trinajstić information content (AvgIpc) is 3.07. The molecule has 17 heavy (non-hydrogen) atoms. The second-order valence-electron chi connectivity index (χ2n) is 4.24. The van der Waals surface area contributed by atoms with Crippen LogP contribution in [0.2, 0.25) is 0 Å². The van der Waals surface area contributed by atoms with Crippen molar-refractivity contribution in [1.82, 2.24) is 0 Å². The van der Waals surface area contributed by atoms with Crippen molar-refractivity contribution in [3.05, 3.63) is 34.3 Å². The first kappa shape index (κ1) is 13.7. The second kappa shape index (κ2) is 5.11. The summed E-state index contributed by atoms with van der Waals surface area (Å²) in [5.41, 5.74) is 0.475. The summed E-state index contributed by atoms with van der Waals surface area (Å²) in [4.78, 5) is 11.8. The van der Waals surface area contributed by atoms with Crippen LogP contribution in [0.15, 0.2) is 28.7 Å². The molecule has 3 unspecified atom stereocenters. The molecule has 0 radical (unpaired) electrons. The van der Waals surface area contributed by atoms with E-state index in [4.69, 9.17) is 4.74 Å². The van der Waals surface area contributed by atoms with Gasteiger partial charge in [-0.3, -0.25) is 4.79 Å². The van der Waals surface area contributed by atoms with Crippen molar-refractivity contribution < 1.29 is 9.53 Å². The van der Waals surface area contributed by atoms with Crippen LogP contribution in [-0.4, -0.2) is 22.8 Å². The molecule has 0 saturated carbocycles. The molecule has 0 amide bonds. The van der Waals surface area contributed by atoms with E-state index in [9.17, 15) is 4.79 Å². The standard InChI is InChI=1S/C12H11Br3O2/c1-12(6-17-12)11(16)10(15)9(14)7-2-4-8(13)5-3-7/h2-5,9-10H,6H2,1H3. The highest BCUT2D eigenvalue weighted by Gasteiger charge is 2.50. The van der Waals surface area contributed by atoms with E-state index < -0.39 is 5.60 Å². The molecule has 92 valence electrons. The highest BCUT2D eigenvalue weighted by molar-refractivity contribution is 9.12. The van der Waals surface area contributed by atoms with Crippen molar-refractivity contribution >= 4 is 53.6 Å². The van der Waals surface area contributed by atoms with Crippen molar-refractivity contribution in [2.24, 2.45) is 0 Å². The summed E-state index contributed by atoms with van der Waals surface area (Å²) in [6, 6.07) is 7.90. The topological polar surface area (TPSA) is 29.6 Å². The number of hydrogen-bond donors (Lipinski definition) is 0. The molecule has 2 rings (SSSR count). The maximum absolute atomic E-state index is 12.1. The Bertz CT molecular complexity index is 426. The summed E-state index contributed by atoms with van der Waals surface area (Å²) in [5.74, 6) is 0.0855. The smallest absolute Gasteiger partial charge is 0.181 e. The van der Waals surface area contributed by atoms with E-state index in [2.05, 4.69) is 47.8 Å². The Morgan fingerprint density at radius 2 is 1.88 bits per heavy atom. The van der Waals surface area contributed by atoms with Crippen LogP contribution >= 0.6 is 47.8 Å². The number of halogens is 3. The summed E-state index contributed by atoms with van der Waals surface area (Å²) in [7, 11) is 0. The van der Waals surface area contributed by atoms with Crippen molar-refractivity contribution in [2.45, 2.75) is 22.2 Å². The Morgan fingerprint density at radius 3 is 2.35 bits per heavy atom. The lowest BCUT2D eigenvalue weighted by molar-refractivity contribution is -0.122. The quantitative estimate of drug-likeness (QED) is 0.538. The number of carbonyl (C=O) groups is 1. The predicted molar refractivity (Wildman–Crippen MR) is 77.9 cm³/mol. The number of Topliss-reactive ketones (excluding diaryl/α,β-unsaturated/α-hetero) is 1. The fourth-order valence-electron chi connectivity index (χ4n) is 1.49. The van der Waals surface area contributed by atoms with Crippen molar-refractivity contribution in [2.75, 3.05) is 6.61 Å². The first-order chi connectivity index (χ1) is 7.94. The van der Waals surface area contributed by atoms with Gasteiger partial charge in [0.05, 0.1) is 16.3 Å². The number of hydrogen-bond acceptors (Lipinski definition) is 2.